The van der Waals surface area contributed by atoms with Crippen LogP contribution in [0.3, 0.4) is 0 Å². The normalized spacial score (nSPS) is 13.4. The van der Waals surface area contributed by atoms with Gasteiger partial charge in [-0.1, -0.05) is 30.3 Å². The number of fused-ring (bicyclic) bond motifs is 1. The van der Waals surface area contributed by atoms with Crippen molar-refractivity contribution in [2.75, 3.05) is 10.0 Å². The number of nitrogens with zero attached hydrogens (tertiary/aromatic N) is 1. The first kappa shape index (κ1) is 18.6. The molecule has 0 bridgehead atoms. The third kappa shape index (κ3) is 3.78. The van der Waals surface area contributed by atoms with Crippen molar-refractivity contribution in [1.82, 2.24) is 4.98 Å². The van der Waals surface area contributed by atoms with Crippen molar-refractivity contribution in [2.45, 2.75) is 4.90 Å². The number of allylic oxidation sites excluding steroid dienone is 2. The molecule has 0 fully saturated rings. The number of nitrogens with one attached hydrogen (secondary N) is 2. The van der Waals surface area contributed by atoms with E-state index >= 15 is 0 Å². The summed E-state index contributed by atoms with van der Waals surface area (Å²) in [5.41, 5.74) is 1.32. The lowest BCUT2D eigenvalue weighted by Crippen LogP contribution is -2.21. The maximum atomic E-state index is 12.6. The molecule has 1 aliphatic carbocycles. The summed E-state index contributed by atoms with van der Waals surface area (Å²) in [6, 6.07) is 17.3. The topological polar surface area (TPSA) is 105 Å². The third-order valence-corrected chi connectivity index (χ3v) is 5.68. The molecule has 2 aromatic carbocycles. The van der Waals surface area contributed by atoms with Crippen molar-refractivity contribution >= 4 is 33.1 Å². The van der Waals surface area contributed by atoms with Gasteiger partial charge < -0.3 is 5.32 Å². The molecule has 0 saturated carbocycles. The van der Waals surface area contributed by atoms with Gasteiger partial charge in [0.15, 0.2) is 5.78 Å². The number of anilines is 2. The molecule has 0 atom stereocenters. The zero-order chi connectivity index (χ0) is 20.4. The van der Waals surface area contributed by atoms with Gasteiger partial charge in [-0.25, -0.2) is 13.4 Å². The molecule has 0 unspecified atom stereocenters. The van der Waals surface area contributed by atoms with Crippen molar-refractivity contribution in [1.29, 1.82) is 0 Å². The van der Waals surface area contributed by atoms with Crippen LogP contribution in [0, 0.1) is 0 Å². The number of ketones is 2. The van der Waals surface area contributed by atoms with E-state index in [1.54, 1.807) is 42.5 Å². The van der Waals surface area contributed by atoms with Crippen LogP contribution in [0.15, 0.2) is 89.6 Å². The highest BCUT2D eigenvalue weighted by molar-refractivity contribution is 7.92. The Labute approximate surface area is 167 Å². The van der Waals surface area contributed by atoms with E-state index < -0.39 is 10.0 Å². The predicted octanol–water partition coefficient (Wildman–Crippen LogP) is 3.26. The lowest BCUT2D eigenvalue weighted by molar-refractivity contribution is 0.0985. The van der Waals surface area contributed by atoms with E-state index in [0.29, 0.717) is 16.8 Å². The standard InChI is InChI=1S/C21H15N3O4S/c25-19-13-18(21(26)17-6-2-1-5-16(17)19)23-14-8-10-15(11-9-14)29(27,28)24-20-7-3-4-12-22-20/h1-13,23H,(H,22,24). The van der Waals surface area contributed by atoms with Crippen LogP contribution < -0.4 is 10.0 Å². The quantitative estimate of drug-likeness (QED) is 0.675. The molecule has 2 N–H and O–H groups in total. The second-order valence-corrected chi connectivity index (χ2v) is 7.95. The maximum absolute atomic E-state index is 12.6. The number of carbonyl (C=O) groups is 2. The molecule has 7 nitrogen and oxygen atoms in total. The summed E-state index contributed by atoms with van der Waals surface area (Å²) >= 11 is 0. The van der Waals surface area contributed by atoms with E-state index in [-0.39, 0.29) is 28.0 Å². The number of rotatable bonds is 5. The second-order valence-electron chi connectivity index (χ2n) is 6.27. The van der Waals surface area contributed by atoms with Crippen molar-refractivity contribution in [3.05, 3.63) is 95.8 Å². The summed E-state index contributed by atoms with van der Waals surface area (Å²) in [6.45, 7) is 0. The monoisotopic (exact) mass is 405 g/mol. The average molecular weight is 405 g/mol. The Morgan fingerprint density at radius 2 is 1.48 bits per heavy atom. The molecular weight excluding hydrogens is 390 g/mol. The van der Waals surface area contributed by atoms with Crippen LogP contribution in [0.4, 0.5) is 11.5 Å². The van der Waals surface area contributed by atoms with E-state index in [9.17, 15) is 18.0 Å². The van der Waals surface area contributed by atoms with Gasteiger partial charge in [-0.15, -0.1) is 0 Å². The minimum Gasteiger partial charge on any atom is -0.352 e. The van der Waals surface area contributed by atoms with Crippen LogP contribution in [-0.4, -0.2) is 25.0 Å². The smallest absolute Gasteiger partial charge is 0.263 e. The first-order valence-electron chi connectivity index (χ1n) is 8.65. The van der Waals surface area contributed by atoms with E-state index in [1.165, 1.54) is 36.5 Å². The van der Waals surface area contributed by atoms with Gasteiger partial charge in [-0.05, 0) is 36.4 Å². The molecule has 0 radical (unpaired) electrons. The van der Waals surface area contributed by atoms with E-state index in [0.717, 1.165) is 0 Å². The molecule has 1 heterocycles. The molecular formula is C21H15N3O4S. The highest BCUT2D eigenvalue weighted by Gasteiger charge is 2.25. The molecule has 3 aromatic rings. The Bertz CT molecular complexity index is 1230. The Balaban J connectivity index is 1.53. The molecule has 0 amide bonds. The van der Waals surface area contributed by atoms with Gasteiger partial charge >= 0.3 is 0 Å². The molecule has 1 aromatic heterocycles. The lowest BCUT2D eigenvalue weighted by Gasteiger charge is -2.16. The predicted molar refractivity (Wildman–Crippen MR) is 108 cm³/mol. The summed E-state index contributed by atoms with van der Waals surface area (Å²) < 4.78 is 27.3. The summed E-state index contributed by atoms with van der Waals surface area (Å²) in [4.78, 5) is 28.8. The minimum atomic E-state index is -3.80. The fourth-order valence-electron chi connectivity index (χ4n) is 2.90. The fraction of sp³-hybridized carbons (Fsp3) is 0. The maximum Gasteiger partial charge on any atom is 0.263 e. The molecule has 1 aliphatic rings. The van der Waals surface area contributed by atoms with Crippen LogP contribution in [0.5, 0.6) is 0 Å². The van der Waals surface area contributed by atoms with Crippen molar-refractivity contribution in [3.63, 3.8) is 0 Å². The van der Waals surface area contributed by atoms with Crippen LogP contribution >= 0.6 is 0 Å². The zero-order valence-electron chi connectivity index (χ0n) is 15.0. The summed E-state index contributed by atoms with van der Waals surface area (Å²) in [5, 5.41) is 2.89. The molecule has 0 spiro atoms. The van der Waals surface area contributed by atoms with Crippen LogP contribution in [0.1, 0.15) is 20.7 Å². The summed E-state index contributed by atoms with van der Waals surface area (Å²) in [6.07, 6.45) is 2.73. The highest BCUT2D eigenvalue weighted by atomic mass is 32.2. The Morgan fingerprint density at radius 1 is 0.793 bits per heavy atom. The lowest BCUT2D eigenvalue weighted by atomic mass is 9.92. The van der Waals surface area contributed by atoms with Gasteiger partial charge in [-0.3, -0.25) is 14.3 Å². The number of hydrogen-bond acceptors (Lipinski definition) is 6. The number of carbonyl (C=O) groups excluding carboxylic acids is 2. The minimum absolute atomic E-state index is 0.0408. The van der Waals surface area contributed by atoms with Gasteiger partial charge in [-0.2, -0.15) is 0 Å². The second kappa shape index (κ2) is 7.33. The number of hydrogen-bond donors (Lipinski definition) is 2. The summed E-state index contributed by atoms with van der Waals surface area (Å²) in [5.74, 6) is -0.347. The van der Waals surface area contributed by atoms with Gasteiger partial charge in [0, 0.05) is 29.1 Å². The Kier molecular flexibility index (Phi) is 4.69. The SMILES string of the molecule is O=C1C=C(Nc2ccc(S(=O)(=O)Nc3ccccn3)cc2)C(=O)c2ccccc21. The zero-order valence-corrected chi connectivity index (χ0v) is 15.8. The van der Waals surface area contributed by atoms with Gasteiger partial charge in [0.1, 0.15) is 5.82 Å². The van der Waals surface area contributed by atoms with Crippen molar-refractivity contribution in [3.8, 4) is 0 Å². The van der Waals surface area contributed by atoms with Gasteiger partial charge in [0.05, 0.1) is 10.6 Å². The molecule has 0 saturated heterocycles. The Hall–Kier alpha value is -3.78. The Morgan fingerprint density at radius 3 is 2.17 bits per heavy atom. The average Bonchev–Trinajstić information content (AvgIpc) is 2.73. The summed E-state index contributed by atoms with van der Waals surface area (Å²) in [7, 11) is -3.80. The molecule has 0 aliphatic heterocycles. The van der Waals surface area contributed by atoms with Crippen LogP contribution in [0.25, 0.3) is 0 Å². The van der Waals surface area contributed by atoms with E-state index in [4.69, 9.17) is 0 Å². The number of benzene rings is 2. The van der Waals surface area contributed by atoms with Gasteiger partial charge in [0.2, 0.25) is 5.78 Å². The molecule has 4 rings (SSSR count). The first-order valence-corrected chi connectivity index (χ1v) is 10.1. The molecule has 144 valence electrons. The van der Waals surface area contributed by atoms with Gasteiger partial charge in [0.25, 0.3) is 10.0 Å². The fourth-order valence-corrected chi connectivity index (χ4v) is 3.91. The van der Waals surface area contributed by atoms with Crippen LogP contribution in [0.2, 0.25) is 0 Å². The highest BCUT2D eigenvalue weighted by Crippen LogP contribution is 2.24. The first-order chi connectivity index (χ1) is 13.9. The largest absolute Gasteiger partial charge is 0.352 e. The molecule has 29 heavy (non-hydrogen) atoms. The van der Waals surface area contributed by atoms with E-state index in [1.807, 2.05) is 0 Å². The van der Waals surface area contributed by atoms with Crippen molar-refractivity contribution < 1.29 is 18.0 Å². The number of sulfonamides is 1. The van der Waals surface area contributed by atoms with Crippen LogP contribution in [-0.2, 0) is 10.0 Å². The third-order valence-electron chi connectivity index (χ3n) is 4.30. The molecule has 8 heteroatoms. The number of aromatic nitrogens is 1. The number of Topliss-reactive ketones (excluding diaryl/α,β-unsaturated/α-hetero) is 1. The van der Waals surface area contributed by atoms with Crippen molar-refractivity contribution in [2.24, 2.45) is 0 Å². The number of pyridine rings is 1. The van der Waals surface area contributed by atoms with E-state index in [2.05, 4.69) is 15.0 Å².